The van der Waals surface area contributed by atoms with Crippen LogP contribution in [-0.2, 0) is 6.42 Å². The number of hydrogen-bond donors (Lipinski definition) is 2. The summed E-state index contributed by atoms with van der Waals surface area (Å²) in [5.74, 6) is 0.438. The third kappa shape index (κ3) is 3.73. The van der Waals surface area contributed by atoms with E-state index in [0.29, 0.717) is 18.8 Å². The maximum absolute atomic E-state index is 9.42. The normalized spacial score (nSPS) is 11.6. The largest absolute Gasteiger partial charge is 0.396 e. The quantitative estimate of drug-likeness (QED) is 0.812. The van der Waals surface area contributed by atoms with E-state index in [1.165, 1.54) is 12.4 Å². The molecule has 0 radical (unpaired) electrons. The van der Waals surface area contributed by atoms with Gasteiger partial charge in [0.05, 0.1) is 0 Å². The van der Waals surface area contributed by atoms with Crippen LogP contribution in [0.1, 0.15) is 11.4 Å². The highest BCUT2D eigenvalue weighted by Crippen LogP contribution is 2.10. The second kappa shape index (κ2) is 7.16. The molecule has 0 saturated carbocycles. The van der Waals surface area contributed by atoms with Crippen LogP contribution in [0.4, 0.5) is 5.82 Å². The van der Waals surface area contributed by atoms with Crippen molar-refractivity contribution in [2.75, 3.05) is 18.5 Å². The number of pyridine rings is 1. The maximum atomic E-state index is 9.42. The molecule has 0 saturated heterocycles. The number of rotatable bonds is 6. The van der Waals surface area contributed by atoms with Gasteiger partial charge in [0, 0.05) is 43.4 Å². The molecule has 2 aromatic rings. The number of nitrogens with one attached hydrogen (secondary N) is 1. The van der Waals surface area contributed by atoms with E-state index in [0.717, 1.165) is 5.69 Å². The molecule has 20 heavy (non-hydrogen) atoms. The van der Waals surface area contributed by atoms with Gasteiger partial charge in [-0.2, -0.15) is 5.26 Å². The molecule has 2 aromatic heterocycles. The van der Waals surface area contributed by atoms with Gasteiger partial charge in [-0.3, -0.25) is 4.98 Å². The van der Waals surface area contributed by atoms with Crippen molar-refractivity contribution >= 4 is 5.82 Å². The average Bonchev–Trinajstić information content (AvgIpc) is 2.52. The number of hydrogen-bond acceptors (Lipinski definition) is 6. The molecule has 1 unspecified atom stereocenters. The molecule has 2 N–H and O–H groups in total. The first-order chi connectivity index (χ1) is 9.83. The fraction of sp³-hybridized carbons (Fsp3) is 0.286. The summed E-state index contributed by atoms with van der Waals surface area (Å²) in [7, 11) is 0. The molecule has 0 spiro atoms. The van der Waals surface area contributed by atoms with Crippen molar-refractivity contribution in [2.24, 2.45) is 5.92 Å². The van der Waals surface area contributed by atoms with Crippen LogP contribution in [0.2, 0.25) is 0 Å². The van der Waals surface area contributed by atoms with Crippen molar-refractivity contribution < 1.29 is 5.11 Å². The Morgan fingerprint density at radius 2 is 2.05 bits per heavy atom. The first kappa shape index (κ1) is 13.9. The zero-order valence-electron chi connectivity index (χ0n) is 10.9. The van der Waals surface area contributed by atoms with Gasteiger partial charge in [-0.05, 0) is 18.6 Å². The number of aliphatic hydroxyl groups excluding tert-OH is 1. The van der Waals surface area contributed by atoms with Crippen LogP contribution >= 0.6 is 0 Å². The Hall–Kier alpha value is -2.52. The maximum Gasteiger partial charge on any atom is 0.182 e. The molecule has 2 heterocycles. The molecule has 6 nitrogen and oxygen atoms in total. The zero-order chi connectivity index (χ0) is 14.2. The fourth-order valence-electron chi connectivity index (χ4n) is 1.81. The summed E-state index contributed by atoms with van der Waals surface area (Å²) >= 11 is 0. The molecular formula is C14H15N5O. The molecule has 0 aliphatic heterocycles. The van der Waals surface area contributed by atoms with Gasteiger partial charge in [-0.15, -0.1) is 0 Å². The second-order valence-electron chi connectivity index (χ2n) is 4.32. The third-order valence-corrected chi connectivity index (χ3v) is 2.84. The summed E-state index contributed by atoms with van der Waals surface area (Å²) in [5.41, 5.74) is 1.18. The number of aromatic nitrogens is 3. The van der Waals surface area contributed by atoms with Crippen molar-refractivity contribution in [2.45, 2.75) is 6.42 Å². The van der Waals surface area contributed by atoms with Gasteiger partial charge in [-0.1, -0.05) is 6.07 Å². The van der Waals surface area contributed by atoms with E-state index in [4.69, 9.17) is 5.26 Å². The third-order valence-electron chi connectivity index (χ3n) is 2.84. The van der Waals surface area contributed by atoms with Crippen LogP contribution in [-0.4, -0.2) is 33.2 Å². The van der Waals surface area contributed by atoms with Crippen molar-refractivity contribution in [1.29, 1.82) is 5.26 Å². The Kier molecular flexibility index (Phi) is 4.98. The summed E-state index contributed by atoms with van der Waals surface area (Å²) in [5, 5.41) is 21.4. The minimum absolute atomic E-state index is 0.00144. The Morgan fingerprint density at radius 1 is 1.20 bits per heavy atom. The van der Waals surface area contributed by atoms with Gasteiger partial charge >= 0.3 is 0 Å². The van der Waals surface area contributed by atoms with E-state index in [-0.39, 0.29) is 18.2 Å². The number of nitrogens with zero attached hydrogens (tertiary/aromatic N) is 4. The molecule has 0 aliphatic rings. The average molecular weight is 269 g/mol. The monoisotopic (exact) mass is 269 g/mol. The summed E-state index contributed by atoms with van der Waals surface area (Å²) < 4.78 is 0. The number of nitriles is 1. The standard InChI is InChI=1S/C14H15N5O/c15-8-13-14(18-6-5-17-13)19-9-11(10-20)7-12-3-1-2-4-16-12/h1-6,11,20H,7,9-10H2,(H,18,19). The summed E-state index contributed by atoms with van der Waals surface area (Å²) in [6.45, 7) is 0.534. The number of aliphatic hydroxyl groups is 1. The highest BCUT2D eigenvalue weighted by Gasteiger charge is 2.11. The van der Waals surface area contributed by atoms with E-state index in [1.54, 1.807) is 6.20 Å². The molecule has 102 valence electrons. The van der Waals surface area contributed by atoms with Crippen molar-refractivity contribution in [3.8, 4) is 6.07 Å². The lowest BCUT2D eigenvalue weighted by molar-refractivity contribution is 0.232. The van der Waals surface area contributed by atoms with Crippen molar-refractivity contribution in [1.82, 2.24) is 15.0 Å². The van der Waals surface area contributed by atoms with Gasteiger partial charge in [0.15, 0.2) is 11.5 Å². The lowest BCUT2D eigenvalue weighted by Gasteiger charge is -2.15. The first-order valence-corrected chi connectivity index (χ1v) is 6.29. The van der Waals surface area contributed by atoms with Crippen molar-refractivity contribution in [3.63, 3.8) is 0 Å². The van der Waals surface area contributed by atoms with Crippen LogP contribution in [0.3, 0.4) is 0 Å². The van der Waals surface area contributed by atoms with Crippen LogP contribution in [0.25, 0.3) is 0 Å². The molecular weight excluding hydrogens is 254 g/mol. The smallest absolute Gasteiger partial charge is 0.182 e. The van der Waals surface area contributed by atoms with Crippen LogP contribution in [0.5, 0.6) is 0 Å². The molecule has 6 heteroatoms. The van der Waals surface area contributed by atoms with E-state index in [2.05, 4.69) is 20.3 Å². The second-order valence-corrected chi connectivity index (χ2v) is 4.32. The number of anilines is 1. The first-order valence-electron chi connectivity index (χ1n) is 6.29. The highest BCUT2D eigenvalue weighted by atomic mass is 16.3. The van der Waals surface area contributed by atoms with Gasteiger partial charge in [0.25, 0.3) is 0 Å². The Bertz CT molecular complexity index is 582. The summed E-state index contributed by atoms with van der Waals surface area (Å²) in [6, 6.07) is 7.67. The molecule has 0 aromatic carbocycles. The fourth-order valence-corrected chi connectivity index (χ4v) is 1.81. The highest BCUT2D eigenvalue weighted by molar-refractivity contribution is 5.46. The molecule has 0 aliphatic carbocycles. The van der Waals surface area contributed by atoms with Crippen LogP contribution < -0.4 is 5.32 Å². The summed E-state index contributed by atoms with van der Waals surface area (Å²) in [4.78, 5) is 12.2. The zero-order valence-corrected chi connectivity index (χ0v) is 10.9. The predicted octanol–water partition coefficient (Wildman–Crippen LogP) is 1.01. The van der Waals surface area contributed by atoms with E-state index < -0.39 is 0 Å². The Labute approximate surface area is 117 Å². The molecule has 0 fully saturated rings. The van der Waals surface area contributed by atoms with Gasteiger partial charge in [0.2, 0.25) is 0 Å². The Morgan fingerprint density at radius 3 is 2.75 bits per heavy atom. The van der Waals surface area contributed by atoms with Gasteiger partial charge < -0.3 is 10.4 Å². The van der Waals surface area contributed by atoms with Crippen LogP contribution in [0, 0.1) is 17.2 Å². The topological polar surface area (TPSA) is 94.7 Å². The molecule has 0 amide bonds. The molecule has 0 bridgehead atoms. The Balaban J connectivity index is 1.96. The summed E-state index contributed by atoms with van der Waals surface area (Å²) in [6.07, 6.45) is 5.39. The van der Waals surface area contributed by atoms with Gasteiger partial charge in [-0.25, -0.2) is 9.97 Å². The molecule has 2 rings (SSSR count). The van der Waals surface area contributed by atoms with Crippen LogP contribution in [0.15, 0.2) is 36.8 Å². The lowest BCUT2D eigenvalue weighted by Crippen LogP contribution is -2.21. The predicted molar refractivity (Wildman–Crippen MR) is 73.8 cm³/mol. The van der Waals surface area contributed by atoms with Gasteiger partial charge in [0.1, 0.15) is 6.07 Å². The van der Waals surface area contributed by atoms with E-state index >= 15 is 0 Å². The van der Waals surface area contributed by atoms with E-state index in [9.17, 15) is 5.11 Å². The minimum atomic E-state index is -0.00144. The van der Waals surface area contributed by atoms with E-state index in [1.807, 2.05) is 24.3 Å². The SMILES string of the molecule is N#Cc1nccnc1NCC(CO)Cc1ccccn1. The molecule has 1 atom stereocenters. The lowest BCUT2D eigenvalue weighted by atomic mass is 10.0. The minimum Gasteiger partial charge on any atom is -0.396 e. The van der Waals surface area contributed by atoms with Crippen molar-refractivity contribution in [3.05, 3.63) is 48.2 Å².